The largest absolute Gasteiger partial charge is 3.00 e. The molecular weight excluding hydrogens is 481 g/mol. The van der Waals surface area contributed by atoms with Crippen molar-refractivity contribution in [1.29, 1.82) is 0 Å². The first-order valence-electron chi connectivity index (χ1n) is 3.20. The smallest absolute Gasteiger partial charge is 0.543 e. The number of carboxylic acids is 6. The molecule has 0 saturated heterocycles. The van der Waals surface area contributed by atoms with Gasteiger partial charge in [0.1, 0.15) is 0 Å². The first-order valence-corrected chi connectivity index (χ1v) is 3.20. The molecule has 0 unspecified atom stereocenters. The molecule has 15 nitrogen and oxygen atoms in total. The van der Waals surface area contributed by atoms with Crippen LogP contribution in [0.1, 0.15) is 0 Å². The molecule has 0 fully saturated rings. The summed E-state index contributed by atoms with van der Waals surface area (Å²) in [5, 5.41) is 53.6. The molecule has 19 heteroatoms. The van der Waals surface area contributed by atoms with Crippen LogP contribution in [0.2, 0.25) is 0 Å². The van der Waals surface area contributed by atoms with Gasteiger partial charge in [0.25, 0.3) is 0 Å². The topological polar surface area (TPSA) is 335 Å². The maximum absolute atomic E-state index is 8.93. The molecule has 0 bridgehead atoms. The Bertz CT molecular complexity index is 292. The Morgan fingerprint density at radius 2 is 0.400 bits per heavy atom. The molecule has 0 rings (SSSR count). The summed E-state index contributed by atoms with van der Waals surface area (Å²) in [6.07, 6.45) is 0. The van der Waals surface area contributed by atoms with Gasteiger partial charge in [0.2, 0.25) is 0 Å². The molecule has 0 saturated carbocycles. The Hall–Kier alpha value is 2.14. The van der Waals surface area contributed by atoms with Crippen LogP contribution in [0.5, 0.6) is 0 Å². The number of carbonyl (C=O) groups excluding carboxylic acids is 6. The van der Waals surface area contributed by atoms with Gasteiger partial charge >= 0.3 is 172 Å². The fourth-order valence-corrected chi connectivity index (χ4v) is 0. The van der Waals surface area contributed by atoms with E-state index in [1.165, 1.54) is 0 Å². The number of carboxylic acid groups (broad SMARTS) is 6. The van der Waals surface area contributed by atoms with Crippen molar-refractivity contribution < 1.29 is 247 Å². The van der Waals surface area contributed by atoms with Crippen molar-refractivity contribution in [3.8, 4) is 0 Å². The number of hydrogen-bond donors (Lipinski definition) is 0. The Morgan fingerprint density at radius 3 is 0.400 bits per heavy atom. The van der Waals surface area contributed by atoms with E-state index in [4.69, 9.17) is 59.4 Å². The van der Waals surface area contributed by atoms with Crippen molar-refractivity contribution in [3.63, 3.8) is 0 Å². The van der Waals surface area contributed by atoms with E-state index in [9.17, 15) is 0 Å². The van der Waals surface area contributed by atoms with E-state index in [0.29, 0.717) is 0 Å². The van der Waals surface area contributed by atoms with Gasteiger partial charge in [-0.1, -0.05) is 0 Å². The average molecular weight is 487 g/mol. The van der Waals surface area contributed by atoms with Crippen LogP contribution in [-0.4, -0.2) is 52.2 Å². The van der Waals surface area contributed by atoms with Gasteiger partial charge in [-0.05, 0) is 0 Å². The zero-order valence-corrected chi connectivity index (χ0v) is 23.5. The third-order valence-electron chi connectivity index (χ3n) is 0.500. The van der Waals surface area contributed by atoms with Crippen LogP contribution in [-0.2, 0) is 46.1 Å². The van der Waals surface area contributed by atoms with E-state index in [2.05, 4.69) is 0 Å². The van der Waals surface area contributed by atoms with Crippen molar-refractivity contribution in [3.05, 3.63) is 0 Å². The van der Waals surface area contributed by atoms with Crippen LogP contribution < -0.4 is 185 Å². The van der Waals surface area contributed by atoms with E-state index >= 15 is 0 Å². The summed E-state index contributed by atoms with van der Waals surface area (Å²) in [6.45, 7) is 0. The quantitative estimate of drug-likeness (QED) is 0.227. The van der Waals surface area contributed by atoms with Crippen molar-refractivity contribution in [2.75, 3.05) is 0 Å². The average Bonchev–Trinajstić information content (AvgIpc) is 2.18. The molecule has 0 heterocycles. The molecule has 129 valence electrons. The van der Waals surface area contributed by atoms with Gasteiger partial charge < -0.3 is 75.8 Å². The normalized spacial score (nSPS) is 5.28. The van der Waals surface area contributed by atoms with Gasteiger partial charge in [0.05, 0.1) is 35.8 Å². The minimum atomic E-state index is -2.19. The van der Waals surface area contributed by atoms with Crippen molar-refractivity contribution in [2.45, 2.75) is 0 Å². The molecular formula is C6H6CrK3O15. The molecule has 1 radical (unpaired) electrons. The number of carbonyl (C=O) groups is 6. The maximum atomic E-state index is 8.93. The van der Waals surface area contributed by atoms with Gasteiger partial charge in [-0.25, -0.2) is 0 Å². The Labute approximate surface area is 276 Å². The summed E-state index contributed by atoms with van der Waals surface area (Å²) < 4.78 is 0. The van der Waals surface area contributed by atoms with E-state index in [1.807, 2.05) is 0 Å². The van der Waals surface area contributed by atoms with Crippen LogP contribution in [0.3, 0.4) is 0 Å². The molecule has 0 amide bonds. The molecule has 0 aromatic carbocycles. The second-order valence-corrected chi connectivity index (χ2v) is 1.72. The van der Waals surface area contributed by atoms with Gasteiger partial charge in [-0.2, -0.15) is 0 Å². The van der Waals surface area contributed by atoms with Crippen LogP contribution in [0.4, 0.5) is 0 Å². The van der Waals surface area contributed by atoms with Crippen LogP contribution in [0.15, 0.2) is 0 Å². The SMILES string of the molecule is O.O.O.O=C([O-])C(=O)[O-].O=C([O-])C(=O)[O-].O=C([O-])C(=O)[O-].[Cr+3].[K+].[K+].[K+]. The van der Waals surface area contributed by atoms with Gasteiger partial charge in [0.15, 0.2) is 0 Å². The summed E-state index contributed by atoms with van der Waals surface area (Å²) in [5.74, 6) is -13.1. The number of aliphatic carboxylic acids is 6. The number of hydrogen-bond acceptors (Lipinski definition) is 12. The van der Waals surface area contributed by atoms with E-state index < -0.39 is 35.8 Å². The fourth-order valence-electron chi connectivity index (χ4n) is 0. The van der Waals surface area contributed by atoms with E-state index in [1.54, 1.807) is 0 Å². The molecule has 25 heavy (non-hydrogen) atoms. The Balaban J connectivity index is -0.0000000148. The Morgan fingerprint density at radius 1 is 0.360 bits per heavy atom. The zero-order chi connectivity index (χ0) is 15.5. The molecule has 0 atom stereocenters. The van der Waals surface area contributed by atoms with E-state index in [-0.39, 0.29) is 188 Å². The van der Waals surface area contributed by atoms with E-state index in [0.717, 1.165) is 0 Å². The first-order chi connectivity index (χ1) is 7.93. The standard InChI is InChI=1S/3C2H2O4.Cr.3K.3H2O/c3*3-1(4)2(5)6;;;;;;;/h3*(H,3,4)(H,5,6);;;;;3*1H2/q;;;+3;3*+1;;;/p-6. The predicted molar refractivity (Wildman–Crippen MR) is 40.9 cm³/mol. The second kappa shape index (κ2) is 40.7. The summed E-state index contributed by atoms with van der Waals surface area (Å²) in [7, 11) is 0. The molecule has 0 spiro atoms. The van der Waals surface area contributed by atoms with Crippen molar-refractivity contribution in [2.24, 2.45) is 0 Å². The van der Waals surface area contributed by atoms with Crippen LogP contribution in [0.25, 0.3) is 0 Å². The fraction of sp³-hybridized carbons (Fsp3) is 0. The van der Waals surface area contributed by atoms with Gasteiger partial charge in [-0.3, -0.25) is 0 Å². The molecule has 0 aromatic heterocycles. The molecule has 0 aliphatic carbocycles. The minimum absolute atomic E-state index is 0. The summed E-state index contributed by atoms with van der Waals surface area (Å²) >= 11 is 0. The third kappa shape index (κ3) is 76.2. The molecule has 0 aliphatic heterocycles. The third-order valence-corrected chi connectivity index (χ3v) is 0.500. The summed E-state index contributed by atoms with van der Waals surface area (Å²) in [6, 6.07) is 0. The zero-order valence-electron chi connectivity index (χ0n) is 12.8. The molecule has 0 aliphatic rings. The Kier molecular flexibility index (Phi) is 103. The van der Waals surface area contributed by atoms with Crippen LogP contribution >= 0.6 is 0 Å². The van der Waals surface area contributed by atoms with Crippen LogP contribution in [0, 0.1) is 0 Å². The predicted octanol–water partition coefficient (Wildman–Crippen LogP) is -22.0. The van der Waals surface area contributed by atoms with Gasteiger partial charge in [0, 0.05) is 0 Å². The number of rotatable bonds is 0. The summed E-state index contributed by atoms with van der Waals surface area (Å²) in [4.78, 5) is 53.6. The maximum Gasteiger partial charge on any atom is 3.00 e. The van der Waals surface area contributed by atoms with Gasteiger partial charge in [-0.15, -0.1) is 0 Å². The van der Waals surface area contributed by atoms with Crippen molar-refractivity contribution in [1.82, 2.24) is 0 Å². The second-order valence-electron chi connectivity index (χ2n) is 1.72. The first kappa shape index (κ1) is 63.1. The monoisotopic (exact) mass is 487 g/mol. The minimum Gasteiger partial charge on any atom is -0.543 e. The molecule has 0 aromatic rings. The summed E-state index contributed by atoms with van der Waals surface area (Å²) in [5.41, 5.74) is 0. The molecule has 6 N–H and O–H groups in total. The van der Waals surface area contributed by atoms with Crippen molar-refractivity contribution >= 4 is 35.8 Å².